The van der Waals surface area contributed by atoms with Crippen LogP contribution in [0, 0.1) is 6.92 Å². The minimum atomic E-state index is -0.256. The molecule has 1 amide bonds. The van der Waals surface area contributed by atoms with Crippen molar-refractivity contribution in [3.8, 4) is 0 Å². The number of carbonyl (C=O) groups excluding carboxylic acids is 1. The van der Waals surface area contributed by atoms with Gasteiger partial charge in [0.25, 0.3) is 5.91 Å². The molecule has 0 aliphatic carbocycles. The van der Waals surface area contributed by atoms with E-state index < -0.39 is 0 Å². The predicted octanol–water partition coefficient (Wildman–Crippen LogP) is 4.46. The molecule has 3 rings (SSSR count). The maximum atomic E-state index is 12.5. The Kier molecular flexibility index (Phi) is 5.53. The van der Waals surface area contributed by atoms with Crippen LogP contribution in [0.3, 0.4) is 0 Å². The number of hydrogen-bond acceptors (Lipinski definition) is 4. The standard InChI is InChI=1S/C19H23ClN4O/c1-3-15-6-4-5-9-24(15)18-11-17(21-12-22-18)19(25)23-14-8-7-13(2)16(20)10-14/h7-8,10-12,15H,3-6,9H2,1-2H3,(H,23,25). The van der Waals surface area contributed by atoms with Gasteiger partial charge in [-0.1, -0.05) is 24.6 Å². The maximum absolute atomic E-state index is 12.5. The lowest BCUT2D eigenvalue weighted by Gasteiger charge is -2.36. The Hall–Kier alpha value is -2.14. The van der Waals surface area contributed by atoms with Crippen LogP contribution in [-0.2, 0) is 0 Å². The van der Waals surface area contributed by atoms with Gasteiger partial charge in [-0.05, 0) is 50.3 Å². The second-order valence-electron chi connectivity index (χ2n) is 6.43. The van der Waals surface area contributed by atoms with Crippen molar-refractivity contribution in [2.75, 3.05) is 16.8 Å². The number of hydrogen-bond donors (Lipinski definition) is 1. The third kappa shape index (κ3) is 4.10. The fourth-order valence-electron chi connectivity index (χ4n) is 3.22. The highest BCUT2D eigenvalue weighted by molar-refractivity contribution is 6.31. The Morgan fingerprint density at radius 2 is 2.16 bits per heavy atom. The van der Waals surface area contributed by atoms with Gasteiger partial charge in [0.1, 0.15) is 17.8 Å². The smallest absolute Gasteiger partial charge is 0.274 e. The molecule has 1 saturated heterocycles. The molecule has 2 aromatic rings. The third-order valence-electron chi connectivity index (χ3n) is 4.71. The van der Waals surface area contributed by atoms with Crippen molar-refractivity contribution in [1.29, 1.82) is 0 Å². The summed E-state index contributed by atoms with van der Waals surface area (Å²) in [5.74, 6) is 0.572. The van der Waals surface area contributed by atoms with Crippen molar-refractivity contribution in [3.63, 3.8) is 0 Å². The number of nitrogens with zero attached hydrogens (tertiary/aromatic N) is 3. The highest BCUT2D eigenvalue weighted by atomic mass is 35.5. The van der Waals surface area contributed by atoms with Gasteiger partial charge >= 0.3 is 0 Å². The van der Waals surface area contributed by atoms with Gasteiger partial charge in [-0.25, -0.2) is 9.97 Å². The Morgan fingerprint density at radius 1 is 1.32 bits per heavy atom. The molecule has 6 heteroatoms. The van der Waals surface area contributed by atoms with Crippen molar-refractivity contribution < 1.29 is 4.79 Å². The maximum Gasteiger partial charge on any atom is 0.274 e. The topological polar surface area (TPSA) is 58.1 Å². The number of halogens is 1. The van der Waals surface area contributed by atoms with Crippen molar-refractivity contribution in [3.05, 3.63) is 46.9 Å². The van der Waals surface area contributed by atoms with E-state index in [2.05, 4.69) is 27.1 Å². The van der Waals surface area contributed by atoms with E-state index in [1.807, 2.05) is 19.1 Å². The number of benzene rings is 1. The summed E-state index contributed by atoms with van der Waals surface area (Å²) in [6.45, 7) is 5.09. The molecule has 25 heavy (non-hydrogen) atoms. The lowest BCUT2D eigenvalue weighted by molar-refractivity contribution is 0.102. The minimum absolute atomic E-state index is 0.256. The molecule has 132 valence electrons. The second-order valence-corrected chi connectivity index (χ2v) is 6.84. The van der Waals surface area contributed by atoms with Crippen LogP contribution in [0.2, 0.25) is 5.02 Å². The summed E-state index contributed by atoms with van der Waals surface area (Å²) in [6, 6.07) is 7.71. The molecule has 1 unspecified atom stereocenters. The first-order chi connectivity index (χ1) is 12.1. The molecule has 1 fully saturated rings. The van der Waals surface area contributed by atoms with E-state index >= 15 is 0 Å². The lowest BCUT2D eigenvalue weighted by Crippen LogP contribution is -2.39. The van der Waals surface area contributed by atoms with Crippen LogP contribution in [0.4, 0.5) is 11.5 Å². The van der Waals surface area contributed by atoms with E-state index in [1.165, 1.54) is 19.2 Å². The molecule has 1 aliphatic rings. The molecular weight excluding hydrogens is 336 g/mol. The van der Waals surface area contributed by atoms with Crippen LogP contribution in [-0.4, -0.2) is 28.5 Å². The SMILES string of the molecule is CCC1CCCCN1c1cc(C(=O)Nc2ccc(C)c(Cl)c2)ncn1. The van der Waals surface area contributed by atoms with Crippen LogP contribution in [0.1, 0.15) is 48.7 Å². The lowest BCUT2D eigenvalue weighted by atomic mass is 10.00. The molecule has 1 N–H and O–H groups in total. The summed E-state index contributed by atoms with van der Waals surface area (Å²) in [7, 11) is 0. The first-order valence-corrected chi connectivity index (χ1v) is 9.12. The molecule has 1 aromatic carbocycles. The Balaban J connectivity index is 1.78. The van der Waals surface area contributed by atoms with E-state index in [-0.39, 0.29) is 5.91 Å². The molecule has 1 atom stereocenters. The number of aromatic nitrogens is 2. The van der Waals surface area contributed by atoms with E-state index in [1.54, 1.807) is 12.1 Å². The van der Waals surface area contributed by atoms with E-state index in [9.17, 15) is 4.79 Å². The number of nitrogens with one attached hydrogen (secondary N) is 1. The van der Waals surface area contributed by atoms with Crippen molar-refractivity contribution >= 4 is 29.0 Å². The summed E-state index contributed by atoms with van der Waals surface area (Å²) in [5.41, 5.74) is 1.99. The number of carbonyl (C=O) groups is 1. The van der Waals surface area contributed by atoms with E-state index in [4.69, 9.17) is 11.6 Å². The molecule has 0 saturated carbocycles. The summed E-state index contributed by atoms with van der Waals surface area (Å²) in [5, 5.41) is 3.47. The number of amides is 1. The Bertz CT molecular complexity index is 765. The third-order valence-corrected chi connectivity index (χ3v) is 5.11. The second kappa shape index (κ2) is 7.83. The quantitative estimate of drug-likeness (QED) is 0.876. The average molecular weight is 359 g/mol. The highest BCUT2D eigenvalue weighted by Crippen LogP contribution is 2.25. The summed E-state index contributed by atoms with van der Waals surface area (Å²) in [4.78, 5) is 23.4. The first kappa shape index (κ1) is 17.7. The largest absolute Gasteiger partial charge is 0.354 e. The molecule has 2 heterocycles. The fourth-order valence-corrected chi connectivity index (χ4v) is 3.40. The molecule has 0 radical (unpaired) electrons. The van der Waals surface area contributed by atoms with Crippen LogP contribution in [0.15, 0.2) is 30.6 Å². The number of piperidine rings is 1. The van der Waals surface area contributed by atoms with Crippen LogP contribution in [0.5, 0.6) is 0 Å². The van der Waals surface area contributed by atoms with Crippen LogP contribution in [0.25, 0.3) is 0 Å². The average Bonchev–Trinajstić information content (AvgIpc) is 2.64. The summed E-state index contributed by atoms with van der Waals surface area (Å²) < 4.78 is 0. The van der Waals surface area contributed by atoms with Gasteiger partial charge in [-0.3, -0.25) is 4.79 Å². The normalized spacial score (nSPS) is 17.4. The Morgan fingerprint density at radius 3 is 2.92 bits per heavy atom. The van der Waals surface area contributed by atoms with Gasteiger partial charge in [0, 0.05) is 29.4 Å². The molecular formula is C19H23ClN4O. The molecule has 0 spiro atoms. The van der Waals surface area contributed by atoms with Gasteiger partial charge < -0.3 is 10.2 Å². The molecule has 0 bridgehead atoms. The molecule has 5 nitrogen and oxygen atoms in total. The van der Waals surface area contributed by atoms with Crippen molar-refractivity contribution in [2.24, 2.45) is 0 Å². The number of aryl methyl sites for hydroxylation is 1. The predicted molar refractivity (Wildman–Crippen MR) is 101 cm³/mol. The summed E-state index contributed by atoms with van der Waals surface area (Å²) in [6.07, 6.45) is 6.12. The van der Waals surface area contributed by atoms with Gasteiger partial charge in [0.15, 0.2) is 0 Å². The molecule has 1 aromatic heterocycles. The van der Waals surface area contributed by atoms with Gasteiger partial charge in [-0.15, -0.1) is 0 Å². The first-order valence-electron chi connectivity index (χ1n) is 8.74. The van der Waals surface area contributed by atoms with Gasteiger partial charge in [0.2, 0.25) is 0 Å². The fraction of sp³-hybridized carbons (Fsp3) is 0.421. The van der Waals surface area contributed by atoms with E-state index in [0.29, 0.717) is 22.4 Å². The zero-order valence-electron chi connectivity index (χ0n) is 14.6. The van der Waals surface area contributed by atoms with Crippen LogP contribution >= 0.6 is 11.6 Å². The summed E-state index contributed by atoms with van der Waals surface area (Å²) >= 11 is 6.12. The highest BCUT2D eigenvalue weighted by Gasteiger charge is 2.23. The molecule has 1 aliphatic heterocycles. The zero-order chi connectivity index (χ0) is 17.8. The minimum Gasteiger partial charge on any atom is -0.354 e. The van der Waals surface area contributed by atoms with Gasteiger partial charge in [-0.2, -0.15) is 0 Å². The monoisotopic (exact) mass is 358 g/mol. The van der Waals surface area contributed by atoms with Crippen molar-refractivity contribution in [1.82, 2.24) is 9.97 Å². The van der Waals surface area contributed by atoms with Crippen molar-refractivity contribution in [2.45, 2.75) is 45.6 Å². The number of anilines is 2. The van der Waals surface area contributed by atoms with E-state index in [0.717, 1.165) is 30.8 Å². The number of rotatable bonds is 4. The zero-order valence-corrected chi connectivity index (χ0v) is 15.4. The van der Waals surface area contributed by atoms with Gasteiger partial charge in [0.05, 0.1) is 0 Å². The van der Waals surface area contributed by atoms with Crippen LogP contribution < -0.4 is 10.2 Å². The Labute approximate surface area is 153 Å².